The summed E-state index contributed by atoms with van der Waals surface area (Å²) in [5.41, 5.74) is -4.82. The third-order valence-corrected chi connectivity index (χ3v) is 7.23. The highest BCUT2D eigenvalue weighted by Gasteiger charge is 2.57. The number of hydrogen-bond acceptors (Lipinski definition) is 10. The van der Waals surface area contributed by atoms with Gasteiger partial charge in [-0.05, 0) is 26.0 Å². The van der Waals surface area contributed by atoms with Crippen molar-refractivity contribution in [2.75, 3.05) is 19.4 Å². The molecule has 2 unspecified atom stereocenters. The first-order chi connectivity index (χ1) is 18.1. The Balaban J connectivity index is 1.96. The minimum Gasteiger partial charge on any atom is -0.463 e. The van der Waals surface area contributed by atoms with Crippen molar-refractivity contribution in [2.45, 2.75) is 50.9 Å². The van der Waals surface area contributed by atoms with Crippen molar-refractivity contribution in [3.63, 3.8) is 0 Å². The van der Waals surface area contributed by atoms with Crippen molar-refractivity contribution >= 4 is 13.6 Å². The Labute approximate surface area is 214 Å². The number of alkyl halides is 1. The van der Waals surface area contributed by atoms with Gasteiger partial charge in [-0.25, -0.2) is 13.8 Å². The molecule has 0 aliphatic carbocycles. The van der Waals surface area contributed by atoms with Crippen molar-refractivity contribution < 1.29 is 45.2 Å². The Hall–Kier alpha value is -2.83. The van der Waals surface area contributed by atoms with Crippen LogP contribution >= 0.6 is 7.60 Å². The van der Waals surface area contributed by atoms with E-state index in [1.165, 1.54) is 19.1 Å². The molecule has 0 amide bonds. The van der Waals surface area contributed by atoms with Gasteiger partial charge in [-0.2, -0.15) is 0 Å². The van der Waals surface area contributed by atoms with Gasteiger partial charge in [0.25, 0.3) is 5.56 Å². The lowest BCUT2D eigenvalue weighted by Crippen LogP contribution is -2.51. The fourth-order valence-corrected chi connectivity index (χ4v) is 5.23. The zero-order valence-electron chi connectivity index (χ0n) is 22.3. The predicted molar refractivity (Wildman–Crippen MR) is 128 cm³/mol. The molecule has 1 aliphatic heterocycles. The quantitative estimate of drug-likeness (QED) is 0.277. The number of aromatic nitrogens is 2. The topological polar surface area (TPSA) is 166 Å². The Morgan fingerprint density at radius 3 is 2.57 bits per heavy atom. The summed E-state index contributed by atoms with van der Waals surface area (Å²) in [6.07, 6.45) is -6.87. The average molecular weight is 546 g/mol. The Bertz CT molecular complexity index is 1320. The number of aliphatic hydroxyl groups is 2. The number of aliphatic hydroxyl groups excluding tert-OH is 1. The molecule has 1 aliphatic rings. The molecule has 0 spiro atoms. The van der Waals surface area contributed by atoms with Crippen LogP contribution in [0.15, 0.2) is 52.2 Å². The van der Waals surface area contributed by atoms with Gasteiger partial charge < -0.3 is 24.2 Å². The number of carbonyl (C=O) groups is 1. The molecule has 3 rings (SSSR count). The van der Waals surface area contributed by atoms with E-state index >= 15 is 0 Å². The average Bonchev–Trinajstić information content (AvgIpc) is 3.10. The zero-order valence-corrected chi connectivity index (χ0v) is 21.2. The number of nitrogens with one attached hydrogen (secondary N) is 1. The normalized spacial score (nSPS) is 27.2. The van der Waals surface area contributed by atoms with E-state index in [0.29, 0.717) is 4.57 Å². The molecule has 2 heterocycles. The van der Waals surface area contributed by atoms with Gasteiger partial charge in [0.1, 0.15) is 24.6 Å². The molecule has 1 aromatic carbocycles. The SMILES string of the molecule is [2H]C([2H])(OP(=O)(C[C@@H](C)C(=O)OC(C)C)Oc1ccccc1)[C@H]1O[C@@H](n2ccc(=O)[nH]c2=O)C(O)(CF)[C@H]1O. The van der Waals surface area contributed by atoms with Gasteiger partial charge in [0.15, 0.2) is 11.8 Å². The van der Waals surface area contributed by atoms with Crippen LogP contribution < -0.4 is 15.8 Å². The second-order valence-electron chi connectivity index (χ2n) is 8.79. The number of nitrogens with zero attached hydrogens (tertiary/aromatic N) is 1. The number of halogens is 1. The number of esters is 1. The van der Waals surface area contributed by atoms with E-state index in [1.807, 2.05) is 4.98 Å². The summed E-state index contributed by atoms with van der Waals surface area (Å²) in [7, 11) is -4.61. The summed E-state index contributed by atoms with van der Waals surface area (Å²) in [5.74, 6) is -1.85. The van der Waals surface area contributed by atoms with Gasteiger partial charge >= 0.3 is 19.3 Å². The van der Waals surface area contributed by atoms with Crippen LogP contribution in [0, 0.1) is 5.92 Å². The monoisotopic (exact) mass is 546 g/mol. The minimum absolute atomic E-state index is 0.00637. The minimum atomic E-state index is -4.61. The summed E-state index contributed by atoms with van der Waals surface area (Å²) in [6, 6.07) is 8.41. The zero-order chi connectivity index (χ0) is 29.2. The van der Waals surface area contributed by atoms with Gasteiger partial charge in [0.2, 0.25) is 0 Å². The fraction of sp³-hybridized carbons (Fsp3) is 0.522. The highest BCUT2D eigenvalue weighted by atomic mass is 31.2. The molecule has 2 aromatic rings. The molecule has 204 valence electrons. The van der Waals surface area contributed by atoms with E-state index in [-0.39, 0.29) is 5.75 Å². The van der Waals surface area contributed by atoms with E-state index in [1.54, 1.807) is 32.0 Å². The molecule has 14 heteroatoms. The molecular weight excluding hydrogens is 514 g/mol. The van der Waals surface area contributed by atoms with E-state index < -0.39 is 80.3 Å². The molecule has 37 heavy (non-hydrogen) atoms. The summed E-state index contributed by atoms with van der Waals surface area (Å²) < 4.78 is 66.7. The molecule has 1 fully saturated rings. The maximum absolute atomic E-state index is 14.1. The van der Waals surface area contributed by atoms with Crippen LogP contribution in [0.1, 0.15) is 29.7 Å². The summed E-state index contributed by atoms with van der Waals surface area (Å²) in [4.78, 5) is 38.0. The summed E-state index contributed by atoms with van der Waals surface area (Å²) in [6.45, 7) is -0.363. The fourth-order valence-electron chi connectivity index (χ4n) is 3.52. The molecule has 12 nitrogen and oxygen atoms in total. The Morgan fingerprint density at radius 2 is 1.97 bits per heavy atom. The van der Waals surface area contributed by atoms with Crippen molar-refractivity contribution in [3.05, 3.63) is 63.4 Å². The van der Waals surface area contributed by atoms with Gasteiger partial charge in [-0.3, -0.25) is 23.7 Å². The van der Waals surface area contributed by atoms with Gasteiger partial charge in [0.05, 0.1) is 27.5 Å². The molecule has 0 radical (unpaired) electrons. The predicted octanol–water partition coefficient (Wildman–Crippen LogP) is 1.37. The molecule has 3 N–H and O–H groups in total. The molecule has 0 saturated carbocycles. The first-order valence-corrected chi connectivity index (χ1v) is 13.0. The van der Waals surface area contributed by atoms with Gasteiger partial charge in [-0.1, -0.05) is 25.1 Å². The molecule has 1 aromatic heterocycles. The maximum Gasteiger partial charge on any atom is 0.380 e. The van der Waals surface area contributed by atoms with Crippen molar-refractivity contribution in [1.82, 2.24) is 9.55 Å². The van der Waals surface area contributed by atoms with Crippen LogP contribution in [0.25, 0.3) is 0 Å². The van der Waals surface area contributed by atoms with Crippen LogP contribution in [0.5, 0.6) is 5.75 Å². The smallest absolute Gasteiger partial charge is 0.380 e. The van der Waals surface area contributed by atoms with Crippen molar-refractivity contribution in [3.8, 4) is 5.75 Å². The lowest BCUT2D eigenvalue weighted by atomic mass is 9.95. The van der Waals surface area contributed by atoms with E-state index in [0.717, 1.165) is 12.3 Å². The van der Waals surface area contributed by atoms with E-state index in [4.69, 9.17) is 21.3 Å². The van der Waals surface area contributed by atoms with Crippen LogP contribution in [0.2, 0.25) is 0 Å². The summed E-state index contributed by atoms with van der Waals surface area (Å²) in [5, 5.41) is 21.6. The number of hydrogen-bond donors (Lipinski definition) is 3. The highest BCUT2D eigenvalue weighted by Crippen LogP contribution is 2.51. The maximum atomic E-state index is 14.1. The van der Waals surface area contributed by atoms with Crippen LogP contribution in [0.3, 0.4) is 0 Å². The molecule has 1 saturated heterocycles. The Kier molecular flexibility index (Phi) is 8.16. The van der Waals surface area contributed by atoms with Crippen LogP contribution in [0.4, 0.5) is 4.39 Å². The number of ether oxygens (including phenoxy) is 2. The highest BCUT2D eigenvalue weighted by molar-refractivity contribution is 7.54. The second-order valence-corrected chi connectivity index (χ2v) is 10.7. The number of H-pyrrole nitrogens is 1. The standard InChI is InChI=1S/C23H30FN2O10P/c1-14(2)34-20(29)15(3)12-37(32,36-16-7-5-4-6-8-16)33-11-17-19(28)23(31,13-24)21(35-17)26-10-9-18(27)25-22(26)30/h4-10,14-15,17,19,21,28,31H,11-13H2,1-3H3,(H,25,27,30)/t15-,17-,19+,21-,23?,37?/m1/s1/i11D2. The summed E-state index contributed by atoms with van der Waals surface area (Å²) >= 11 is 0. The van der Waals surface area contributed by atoms with Crippen molar-refractivity contribution in [1.29, 1.82) is 0 Å². The van der Waals surface area contributed by atoms with Gasteiger partial charge in [0, 0.05) is 12.3 Å². The molecular formula is C23H30FN2O10P. The third-order valence-electron chi connectivity index (χ3n) is 5.37. The first-order valence-electron chi connectivity index (χ1n) is 12.3. The van der Waals surface area contributed by atoms with E-state index in [9.17, 15) is 33.6 Å². The van der Waals surface area contributed by atoms with Gasteiger partial charge in [-0.15, -0.1) is 0 Å². The lowest BCUT2D eigenvalue weighted by molar-refractivity contribution is -0.151. The van der Waals surface area contributed by atoms with Crippen LogP contribution in [-0.4, -0.2) is 69.0 Å². The van der Waals surface area contributed by atoms with Crippen LogP contribution in [-0.2, 0) is 23.4 Å². The number of benzene rings is 1. The number of rotatable bonds is 11. The van der Waals surface area contributed by atoms with E-state index in [2.05, 4.69) is 0 Å². The second kappa shape index (κ2) is 11.7. The number of para-hydroxylation sites is 1. The Morgan fingerprint density at radius 1 is 1.30 bits per heavy atom. The largest absolute Gasteiger partial charge is 0.463 e. The van der Waals surface area contributed by atoms with Crippen molar-refractivity contribution in [2.24, 2.45) is 5.92 Å². The number of aromatic amines is 1. The lowest BCUT2D eigenvalue weighted by Gasteiger charge is -2.28. The number of carbonyl (C=O) groups excluding carboxylic acids is 1. The molecule has 0 bridgehead atoms. The first kappa shape index (κ1) is 25.8. The molecule has 6 atom stereocenters. The third kappa shape index (κ3) is 6.74.